The van der Waals surface area contributed by atoms with Crippen LogP contribution in [0.1, 0.15) is 199 Å². The van der Waals surface area contributed by atoms with Gasteiger partial charge in [0, 0.05) is 26.4 Å². The van der Waals surface area contributed by atoms with E-state index in [2.05, 4.69) is 116 Å². The van der Waals surface area contributed by atoms with Crippen molar-refractivity contribution in [2.45, 2.75) is 230 Å². The highest BCUT2D eigenvalue weighted by molar-refractivity contribution is 7.35. The number of hydrogen-bond donors (Lipinski definition) is 0. The molecule has 3 aliphatic rings. The largest absolute Gasteiger partial charge is 0.640 e. The van der Waals surface area contributed by atoms with E-state index < -0.39 is 44.0 Å². The lowest BCUT2D eigenvalue weighted by molar-refractivity contribution is 0.00578. The Hall–Kier alpha value is -2.83. The Bertz CT molecular complexity index is 2870. The van der Waals surface area contributed by atoms with Crippen LogP contribution >= 0.6 is 45.3 Å². The van der Waals surface area contributed by atoms with E-state index >= 15 is 0 Å². The Morgan fingerprint density at radius 2 is 0.877 bits per heavy atom. The quantitative estimate of drug-likeness (QED) is 0.0777. The number of unbranched alkanes of at least 4 members (excludes halogenated alkanes) is 6. The van der Waals surface area contributed by atoms with Crippen LogP contribution in [0.4, 0.5) is 0 Å². The number of thiophene rings is 4. The molecule has 73 heavy (non-hydrogen) atoms. The van der Waals surface area contributed by atoms with Gasteiger partial charge in [-0.15, -0.1) is 45.3 Å². The minimum atomic E-state index is -0.523. The van der Waals surface area contributed by atoms with E-state index in [1.165, 1.54) is 63.6 Å². The Morgan fingerprint density at radius 3 is 1.30 bits per heavy atom. The predicted octanol–water partition coefficient (Wildman–Crippen LogP) is 16.1. The zero-order chi connectivity index (χ0) is 51.9. The zero-order valence-electron chi connectivity index (χ0n) is 45.2. The standard InChI is InChI=1S/C29H39B2NO4S2.C17H17NS2.C9H19BO3.2CH4/c1-10-11-12-13-14-18-19-15-22(30-33-26(2,3)27(4,5)34-30)37-24(19)25-20(21(18)17-32)16-23(38-25)31-35-28(6,7)29(8,9)36-31;1-2-3-4-5-6-12-13-7-9-19-16(13)17-14(8-10-20-17)15(12)11-18;1-7(2)11-10-12-8(3,4)9(5,6)13-10;;/h15-16H,10-14H2,1-9H3;7-10H,2-6H2,1H3;7H,1-6H3;2*1H4. The number of benzene rings is 2. The summed E-state index contributed by atoms with van der Waals surface area (Å²) < 4.78 is 49.3. The summed E-state index contributed by atoms with van der Waals surface area (Å²) in [6.07, 6.45) is 11.6. The summed E-state index contributed by atoms with van der Waals surface area (Å²) in [5.74, 6) is 0. The molecule has 0 spiro atoms. The second-order valence-electron chi connectivity index (χ2n) is 22.6. The normalized spacial score (nSPS) is 18.9. The molecule has 0 bridgehead atoms. The molecule has 6 aromatic rings. The van der Waals surface area contributed by atoms with Gasteiger partial charge in [-0.1, -0.05) is 67.2 Å². The van der Waals surface area contributed by atoms with E-state index in [-0.39, 0.29) is 32.2 Å². The van der Waals surface area contributed by atoms with Crippen LogP contribution in [-0.2, 0) is 45.4 Å². The Labute approximate surface area is 456 Å². The van der Waals surface area contributed by atoms with Gasteiger partial charge in [-0.2, -0.15) is 10.5 Å². The SMILES string of the molecule is C.C.CC(C)OB1OC(C)(C)C(C)(C)O1.CCCCCCc1c(C#N)c2cc(B3OC(C)(C)C(C)(C)O3)sc2c2sc(B3OC(C)(C)C(C)(C)O3)cc12.CCCCCCc1c(C#N)c2ccsc2c2sccc12. The van der Waals surface area contributed by atoms with Crippen molar-refractivity contribution in [3.05, 3.63) is 57.3 Å². The number of aryl methyl sites for hydroxylation is 2. The van der Waals surface area contributed by atoms with E-state index in [1.54, 1.807) is 45.3 Å². The van der Waals surface area contributed by atoms with E-state index in [0.717, 1.165) is 72.8 Å². The molecular formula is C57H83B3N2O7S4. The maximum Gasteiger partial charge on any atom is 0.640 e. The van der Waals surface area contributed by atoms with Crippen LogP contribution < -0.4 is 9.55 Å². The molecule has 0 saturated carbocycles. The predicted molar refractivity (Wildman–Crippen MR) is 317 cm³/mol. The third-order valence-electron chi connectivity index (χ3n) is 15.4. The van der Waals surface area contributed by atoms with Crippen LogP contribution in [0.25, 0.3) is 40.3 Å². The molecule has 0 N–H and O–H groups in total. The van der Waals surface area contributed by atoms with Crippen molar-refractivity contribution in [2.24, 2.45) is 0 Å². The summed E-state index contributed by atoms with van der Waals surface area (Å²) >= 11 is 6.96. The van der Waals surface area contributed by atoms with Gasteiger partial charge >= 0.3 is 21.6 Å². The van der Waals surface area contributed by atoms with Gasteiger partial charge in [-0.05, 0) is 180 Å². The molecule has 7 heterocycles. The van der Waals surface area contributed by atoms with Gasteiger partial charge in [-0.3, -0.25) is 0 Å². The minimum Gasteiger partial charge on any atom is -0.399 e. The smallest absolute Gasteiger partial charge is 0.399 e. The molecule has 3 fully saturated rings. The molecule has 3 aliphatic heterocycles. The maximum atomic E-state index is 10.4. The molecule has 4 aromatic heterocycles. The van der Waals surface area contributed by atoms with E-state index in [4.69, 9.17) is 32.6 Å². The van der Waals surface area contributed by atoms with Crippen molar-refractivity contribution in [1.82, 2.24) is 0 Å². The molecule has 0 unspecified atom stereocenters. The summed E-state index contributed by atoms with van der Waals surface area (Å²) in [7, 11) is -1.40. The zero-order valence-corrected chi connectivity index (χ0v) is 48.5. The number of nitriles is 2. The minimum absolute atomic E-state index is 0. The van der Waals surface area contributed by atoms with Crippen molar-refractivity contribution < 1.29 is 32.6 Å². The lowest BCUT2D eigenvalue weighted by Crippen LogP contribution is -2.41. The van der Waals surface area contributed by atoms with Crippen LogP contribution in [0.2, 0.25) is 0 Å². The first-order valence-corrected chi connectivity index (χ1v) is 29.1. The lowest BCUT2D eigenvalue weighted by atomic mass is 9.85. The first kappa shape index (κ1) is 61.0. The summed E-state index contributed by atoms with van der Waals surface area (Å²) in [4.78, 5) is 0. The van der Waals surface area contributed by atoms with Crippen LogP contribution in [0.3, 0.4) is 0 Å². The second-order valence-corrected chi connectivity index (χ2v) is 26.6. The van der Waals surface area contributed by atoms with Crippen molar-refractivity contribution >= 4 is 117 Å². The van der Waals surface area contributed by atoms with Gasteiger partial charge in [0.1, 0.15) is 12.1 Å². The van der Waals surface area contributed by atoms with E-state index in [9.17, 15) is 10.5 Å². The fourth-order valence-corrected chi connectivity index (χ4v) is 13.5. The van der Waals surface area contributed by atoms with Gasteiger partial charge in [-0.25, -0.2) is 0 Å². The molecule has 2 aromatic carbocycles. The van der Waals surface area contributed by atoms with E-state index in [0.29, 0.717) is 0 Å². The topological polar surface area (TPSA) is 112 Å². The summed E-state index contributed by atoms with van der Waals surface area (Å²) in [5, 5.41) is 28.9. The molecular weight excluding hydrogens is 985 g/mol. The van der Waals surface area contributed by atoms with Crippen molar-refractivity contribution in [1.29, 1.82) is 10.5 Å². The Balaban J connectivity index is 0.000000235. The summed E-state index contributed by atoms with van der Waals surface area (Å²) in [5.41, 5.74) is 1.85. The lowest BCUT2D eigenvalue weighted by Gasteiger charge is -2.32. The molecule has 9 rings (SSSR count). The summed E-state index contributed by atoms with van der Waals surface area (Å²) in [6, 6.07) is 13.7. The summed E-state index contributed by atoms with van der Waals surface area (Å²) in [6.45, 7) is 33.1. The van der Waals surface area contributed by atoms with Crippen molar-refractivity contribution in [2.75, 3.05) is 0 Å². The maximum absolute atomic E-state index is 10.4. The fraction of sp³-hybridized carbons (Fsp3) is 0.614. The fourth-order valence-electron chi connectivity index (χ4n) is 9.02. The van der Waals surface area contributed by atoms with Crippen LogP contribution in [0, 0.1) is 22.7 Å². The Morgan fingerprint density at radius 1 is 0.507 bits per heavy atom. The van der Waals surface area contributed by atoms with Gasteiger partial charge in [0.2, 0.25) is 0 Å². The highest BCUT2D eigenvalue weighted by Crippen LogP contribution is 2.44. The van der Waals surface area contributed by atoms with Crippen LogP contribution in [0.15, 0.2) is 35.0 Å². The second kappa shape index (κ2) is 23.8. The molecule has 0 aliphatic carbocycles. The third-order valence-corrected chi connectivity index (χ3v) is 19.9. The van der Waals surface area contributed by atoms with Crippen molar-refractivity contribution in [3.63, 3.8) is 0 Å². The van der Waals surface area contributed by atoms with Gasteiger partial charge in [0.25, 0.3) is 0 Å². The van der Waals surface area contributed by atoms with E-state index in [1.807, 2.05) is 41.5 Å². The number of nitrogens with zero attached hydrogens (tertiary/aromatic N) is 2. The molecule has 0 atom stereocenters. The average Bonchev–Trinajstić information content (AvgIpc) is 4.14. The van der Waals surface area contributed by atoms with Gasteiger partial charge in [0.15, 0.2) is 0 Å². The molecule has 16 heteroatoms. The number of fused-ring (bicyclic) bond motifs is 6. The Kier molecular flexibility index (Phi) is 19.9. The highest BCUT2D eigenvalue weighted by atomic mass is 32.1. The van der Waals surface area contributed by atoms with Crippen LogP contribution in [-0.4, -0.2) is 61.3 Å². The van der Waals surface area contributed by atoms with Gasteiger partial charge < -0.3 is 32.6 Å². The number of hydrogen-bond acceptors (Lipinski definition) is 13. The molecule has 0 radical (unpaired) electrons. The number of rotatable bonds is 14. The molecule has 396 valence electrons. The molecule has 9 nitrogen and oxygen atoms in total. The monoisotopic (exact) mass is 1070 g/mol. The first-order valence-electron chi connectivity index (χ1n) is 25.8. The van der Waals surface area contributed by atoms with Crippen molar-refractivity contribution in [3.8, 4) is 12.1 Å². The van der Waals surface area contributed by atoms with Gasteiger partial charge in [0.05, 0.1) is 63.5 Å². The highest BCUT2D eigenvalue weighted by Gasteiger charge is 2.55. The third kappa shape index (κ3) is 12.5. The van der Waals surface area contributed by atoms with Crippen LogP contribution in [0.5, 0.6) is 0 Å². The average molecular weight is 1070 g/mol. The molecule has 0 amide bonds. The molecule has 3 saturated heterocycles. The first-order chi connectivity index (χ1) is 33.3.